The van der Waals surface area contributed by atoms with Gasteiger partial charge in [-0.25, -0.2) is 14.4 Å². The molecule has 0 unspecified atom stereocenters. The Bertz CT molecular complexity index is 1080. The lowest BCUT2D eigenvalue weighted by atomic mass is 9.98. The predicted octanol–water partition coefficient (Wildman–Crippen LogP) is 3.40. The molecule has 5 atom stereocenters. The van der Waals surface area contributed by atoms with Crippen molar-refractivity contribution >= 4 is 17.9 Å². The molecule has 180 valence electrons. The quantitative estimate of drug-likeness (QED) is 0.426. The number of carbonyl (C=O) groups excluding carboxylic acids is 3. The van der Waals surface area contributed by atoms with Crippen LogP contribution in [0.5, 0.6) is 0 Å². The average Bonchev–Trinajstić information content (AvgIpc) is 2.89. The summed E-state index contributed by atoms with van der Waals surface area (Å²) in [5, 5.41) is 10.6. The molecule has 0 radical (unpaired) electrons. The number of ether oxygens (including phenoxy) is 4. The molecule has 0 aliphatic carbocycles. The lowest BCUT2D eigenvalue weighted by Crippen LogP contribution is -2.60. The van der Waals surface area contributed by atoms with Crippen LogP contribution in [-0.4, -0.2) is 53.7 Å². The van der Waals surface area contributed by atoms with Crippen LogP contribution in [0.2, 0.25) is 0 Å². The van der Waals surface area contributed by atoms with E-state index in [2.05, 4.69) is 0 Å². The molecule has 8 nitrogen and oxygen atoms in total. The lowest BCUT2D eigenvalue weighted by Gasteiger charge is -2.42. The smallest absolute Gasteiger partial charge is 0.338 e. The first-order valence-electron chi connectivity index (χ1n) is 11.1. The summed E-state index contributed by atoms with van der Waals surface area (Å²) in [5.41, 5.74) is 0.739. The fourth-order valence-electron chi connectivity index (χ4n) is 3.71. The van der Waals surface area contributed by atoms with E-state index < -0.39 is 48.6 Å². The van der Waals surface area contributed by atoms with Crippen LogP contribution in [0.15, 0.2) is 91.0 Å². The maximum Gasteiger partial charge on any atom is 0.338 e. The van der Waals surface area contributed by atoms with E-state index in [4.69, 9.17) is 18.9 Å². The molecule has 3 aromatic rings. The Labute approximate surface area is 202 Å². The monoisotopic (exact) mass is 476 g/mol. The van der Waals surface area contributed by atoms with E-state index in [0.29, 0.717) is 0 Å². The van der Waals surface area contributed by atoms with E-state index in [1.165, 1.54) is 0 Å². The summed E-state index contributed by atoms with van der Waals surface area (Å²) in [5.74, 6) is -2.18. The molecule has 0 bridgehead atoms. The van der Waals surface area contributed by atoms with Crippen LogP contribution in [0.25, 0.3) is 0 Å². The second kappa shape index (κ2) is 10.9. The van der Waals surface area contributed by atoms with Gasteiger partial charge < -0.3 is 24.1 Å². The zero-order valence-corrected chi connectivity index (χ0v) is 18.9. The highest BCUT2D eigenvalue weighted by molar-refractivity contribution is 5.91. The number of aliphatic hydroxyl groups excluding tert-OH is 1. The summed E-state index contributed by atoms with van der Waals surface area (Å²) in [6.07, 6.45) is -6.48. The van der Waals surface area contributed by atoms with Crippen molar-refractivity contribution in [3.63, 3.8) is 0 Å². The molecular formula is C27H24O8. The largest absolute Gasteiger partial charge is 0.452 e. The van der Waals surface area contributed by atoms with Gasteiger partial charge in [-0.05, 0) is 43.3 Å². The van der Waals surface area contributed by atoms with Gasteiger partial charge >= 0.3 is 17.9 Å². The van der Waals surface area contributed by atoms with Crippen LogP contribution in [0.1, 0.15) is 38.0 Å². The third kappa shape index (κ3) is 5.74. The summed E-state index contributed by atoms with van der Waals surface area (Å²) in [6.45, 7) is 1.56. The molecule has 1 aliphatic heterocycles. The summed E-state index contributed by atoms with van der Waals surface area (Å²) in [6, 6.07) is 24.6. The van der Waals surface area contributed by atoms with E-state index in [0.717, 1.165) is 0 Å². The second-order valence-corrected chi connectivity index (χ2v) is 7.94. The van der Waals surface area contributed by atoms with Gasteiger partial charge in [0.15, 0.2) is 24.6 Å². The van der Waals surface area contributed by atoms with Gasteiger partial charge in [0.2, 0.25) is 0 Å². The summed E-state index contributed by atoms with van der Waals surface area (Å²) >= 11 is 0. The van der Waals surface area contributed by atoms with Crippen molar-refractivity contribution in [2.45, 2.75) is 37.6 Å². The van der Waals surface area contributed by atoms with Crippen LogP contribution in [0.4, 0.5) is 0 Å². The van der Waals surface area contributed by atoms with Crippen LogP contribution in [-0.2, 0) is 18.9 Å². The lowest BCUT2D eigenvalue weighted by molar-refractivity contribution is -0.275. The van der Waals surface area contributed by atoms with E-state index in [1.807, 2.05) is 0 Å². The van der Waals surface area contributed by atoms with Gasteiger partial charge in [-0.2, -0.15) is 0 Å². The minimum absolute atomic E-state index is 0.226. The molecule has 35 heavy (non-hydrogen) atoms. The molecule has 0 saturated carbocycles. The molecule has 3 aromatic carbocycles. The van der Waals surface area contributed by atoms with E-state index in [-0.39, 0.29) is 16.7 Å². The zero-order chi connectivity index (χ0) is 24.8. The molecule has 0 amide bonds. The summed E-state index contributed by atoms with van der Waals surface area (Å²) in [4.78, 5) is 38.5. The molecule has 1 saturated heterocycles. The molecule has 4 rings (SSSR count). The van der Waals surface area contributed by atoms with Crippen molar-refractivity contribution in [2.75, 3.05) is 0 Å². The Kier molecular flexibility index (Phi) is 7.54. The van der Waals surface area contributed by atoms with Gasteiger partial charge in [0.25, 0.3) is 0 Å². The third-order valence-electron chi connectivity index (χ3n) is 5.50. The van der Waals surface area contributed by atoms with Crippen LogP contribution in [0.3, 0.4) is 0 Å². The molecule has 8 heteroatoms. The molecule has 1 heterocycles. The van der Waals surface area contributed by atoms with Crippen LogP contribution >= 0.6 is 0 Å². The predicted molar refractivity (Wildman–Crippen MR) is 123 cm³/mol. The number of esters is 3. The summed E-state index contributed by atoms with van der Waals surface area (Å²) < 4.78 is 22.4. The maximum atomic E-state index is 12.9. The number of hydrogen-bond donors (Lipinski definition) is 1. The normalized spacial score (nSPS) is 23.7. The van der Waals surface area contributed by atoms with Crippen LogP contribution < -0.4 is 0 Å². The third-order valence-corrected chi connectivity index (χ3v) is 5.50. The van der Waals surface area contributed by atoms with E-state index >= 15 is 0 Å². The topological polar surface area (TPSA) is 108 Å². The molecule has 0 aromatic heterocycles. The Morgan fingerprint density at radius 2 is 0.943 bits per heavy atom. The van der Waals surface area contributed by atoms with Crippen molar-refractivity contribution in [1.29, 1.82) is 0 Å². The summed E-state index contributed by atoms with van der Waals surface area (Å²) in [7, 11) is 0. The van der Waals surface area contributed by atoms with Gasteiger partial charge in [0, 0.05) is 0 Å². The van der Waals surface area contributed by atoms with Gasteiger partial charge in [-0.1, -0.05) is 54.6 Å². The number of aliphatic hydroxyl groups is 1. The first kappa shape index (κ1) is 24.1. The fourth-order valence-corrected chi connectivity index (χ4v) is 3.71. The van der Waals surface area contributed by atoms with Gasteiger partial charge in [-0.3, -0.25) is 0 Å². The number of hydrogen-bond acceptors (Lipinski definition) is 8. The van der Waals surface area contributed by atoms with Crippen LogP contribution in [0, 0.1) is 0 Å². The Morgan fingerprint density at radius 3 is 1.34 bits per heavy atom. The van der Waals surface area contributed by atoms with Crippen molar-refractivity contribution < 1.29 is 38.4 Å². The fraction of sp³-hybridized carbons (Fsp3) is 0.222. The Morgan fingerprint density at radius 1 is 0.600 bits per heavy atom. The van der Waals surface area contributed by atoms with E-state index in [9.17, 15) is 19.5 Å². The van der Waals surface area contributed by atoms with E-state index in [1.54, 1.807) is 97.9 Å². The number of rotatable bonds is 6. The number of carbonyl (C=O) groups is 3. The Balaban J connectivity index is 1.63. The molecular weight excluding hydrogens is 452 g/mol. The SMILES string of the molecule is C[C@H]1O[C@H](O)[C@H](OC(=O)c2ccccc2)[C@@H](OC(=O)c2ccccc2)[C@H]1OC(=O)c1ccccc1. The Hall–Kier alpha value is -4.01. The molecule has 1 N–H and O–H groups in total. The van der Waals surface area contributed by atoms with Gasteiger partial charge in [0.1, 0.15) is 0 Å². The number of benzene rings is 3. The van der Waals surface area contributed by atoms with Crippen molar-refractivity contribution in [3.05, 3.63) is 108 Å². The molecule has 0 spiro atoms. The highest BCUT2D eigenvalue weighted by Crippen LogP contribution is 2.29. The van der Waals surface area contributed by atoms with Crippen molar-refractivity contribution in [1.82, 2.24) is 0 Å². The van der Waals surface area contributed by atoms with Crippen molar-refractivity contribution in [2.24, 2.45) is 0 Å². The minimum Gasteiger partial charge on any atom is -0.452 e. The molecule has 1 aliphatic rings. The molecule has 1 fully saturated rings. The zero-order valence-electron chi connectivity index (χ0n) is 18.9. The maximum absolute atomic E-state index is 12.9. The highest BCUT2D eigenvalue weighted by atomic mass is 16.7. The van der Waals surface area contributed by atoms with Crippen molar-refractivity contribution in [3.8, 4) is 0 Å². The average molecular weight is 476 g/mol. The first-order valence-corrected chi connectivity index (χ1v) is 11.1. The minimum atomic E-state index is -1.63. The first-order chi connectivity index (χ1) is 16.9. The van der Waals surface area contributed by atoms with Gasteiger partial charge in [-0.15, -0.1) is 0 Å². The standard InChI is InChI=1S/C27H24O8/c1-17-21(33-24(28)18-11-5-2-6-12-18)22(34-25(29)19-13-7-3-8-14-19)23(27(31)32-17)35-26(30)20-15-9-4-10-16-20/h2-17,21-23,27,31H,1H3/t17-,21+,22+,23-,27+/m1/s1. The second-order valence-electron chi connectivity index (χ2n) is 7.94. The van der Waals surface area contributed by atoms with Gasteiger partial charge in [0.05, 0.1) is 22.8 Å². The highest BCUT2D eigenvalue weighted by Gasteiger charge is 2.50.